The molecule has 0 aliphatic heterocycles. The van der Waals surface area contributed by atoms with Crippen LogP contribution in [-0.2, 0) is 4.79 Å². The van der Waals surface area contributed by atoms with Crippen molar-refractivity contribution in [1.82, 2.24) is 0 Å². The van der Waals surface area contributed by atoms with Crippen LogP contribution >= 0.6 is 0 Å². The van der Waals surface area contributed by atoms with Crippen LogP contribution in [0.1, 0.15) is 40.0 Å². The minimum absolute atomic E-state index is 0.175. The predicted molar refractivity (Wildman–Crippen MR) is 50.1 cm³/mol. The first kappa shape index (κ1) is 11.2. The van der Waals surface area contributed by atoms with Gasteiger partial charge in [0.25, 0.3) is 0 Å². The number of carboxylic acid groups (broad SMARTS) is 1. The lowest BCUT2D eigenvalue weighted by Gasteiger charge is -2.08. The molecule has 2 heteroatoms. The van der Waals surface area contributed by atoms with Gasteiger partial charge in [-0.3, -0.25) is 4.79 Å². The normalized spacial score (nSPS) is 14.4. The number of carboxylic acids is 1. The van der Waals surface area contributed by atoms with Gasteiger partial charge < -0.3 is 5.11 Å². The fourth-order valence-corrected chi connectivity index (χ4v) is 0.996. The van der Waals surface area contributed by atoms with Crippen LogP contribution in [0.3, 0.4) is 0 Å². The van der Waals surface area contributed by atoms with E-state index in [2.05, 4.69) is 13.0 Å². The summed E-state index contributed by atoms with van der Waals surface area (Å²) in [7, 11) is 0. The number of hydrogen-bond donors (Lipinski definition) is 1. The second-order valence-electron chi connectivity index (χ2n) is 3.24. The van der Waals surface area contributed by atoms with Crippen molar-refractivity contribution in [3.8, 4) is 0 Å². The van der Waals surface area contributed by atoms with E-state index in [1.54, 1.807) is 0 Å². The Labute approximate surface area is 74.3 Å². The molecule has 1 atom stereocenters. The van der Waals surface area contributed by atoms with E-state index in [-0.39, 0.29) is 12.3 Å². The van der Waals surface area contributed by atoms with E-state index in [1.165, 1.54) is 5.57 Å². The molecule has 0 heterocycles. The highest BCUT2D eigenvalue weighted by Gasteiger charge is 2.08. The Hall–Kier alpha value is -0.790. The molecule has 1 unspecified atom stereocenters. The minimum atomic E-state index is -0.716. The number of unbranched alkanes of at least 4 members (excludes halogenated alkanes) is 1. The van der Waals surface area contributed by atoms with E-state index < -0.39 is 5.97 Å². The lowest BCUT2D eigenvalue weighted by Crippen LogP contribution is -2.05. The Kier molecular flexibility index (Phi) is 5.43. The molecule has 0 aliphatic rings. The Morgan fingerprint density at radius 3 is 2.58 bits per heavy atom. The van der Waals surface area contributed by atoms with Crippen LogP contribution in [0.25, 0.3) is 0 Å². The topological polar surface area (TPSA) is 37.3 Å². The van der Waals surface area contributed by atoms with Gasteiger partial charge in [0.2, 0.25) is 0 Å². The van der Waals surface area contributed by atoms with E-state index in [0.717, 1.165) is 12.8 Å². The molecule has 0 spiro atoms. The first-order valence-corrected chi connectivity index (χ1v) is 4.46. The molecule has 12 heavy (non-hydrogen) atoms. The van der Waals surface area contributed by atoms with Gasteiger partial charge in [-0.15, -0.1) is 0 Å². The van der Waals surface area contributed by atoms with E-state index in [4.69, 9.17) is 5.11 Å². The molecule has 0 amide bonds. The summed E-state index contributed by atoms with van der Waals surface area (Å²) in [5.41, 5.74) is 1.19. The molecule has 0 aromatic carbocycles. The number of hydrogen-bond acceptors (Lipinski definition) is 1. The van der Waals surface area contributed by atoms with Crippen molar-refractivity contribution in [2.24, 2.45) is 5.92 Å². The van der Waals surface area contributed by atoms with Crippen LogP contribution in [0, 0.1) is 5.92 Å². The average Bonchev–Trinajstić information content (AvgIpc) is 1.98. The fourth-order valence-electron chi connectivity index (χ4n) is 0.996. The summed E-state index contributed by atoms with van der Waals surface area (Å²) in [4.78, 5) is 10.4. The number of aliphatic carboxylic acids is 1. The van der Waals surface area contributed by atoms with Crippen molar-refractivity contribution in [2.75, 3.05) is 0 Å². The van der Waals surface area contributed by atoms with Gasteiger partial charge in [0.15, 0.2) is 0 Å². The number of rotatable bonds is 5. The van der Waals surface area contributed by atoms with Crippen LogP contribution in [0.4, 0.5) is 0 Å². The van der Waals surface area contributed by atoms with Crippen molar-refractivity contribution in [3.05, 3.63) is 11.6 Å². The summed E-state index contributed by atoms with van der Waals surface area (Å²) in [5.74, 6) is -0.541. The van der Waals surface area contributed by atoms with E-state index in [0.29, 0.717) is 0 Å². The highest BCUT2D eigenvalue weighted by molar-refractivity contribution is 5.67. The molecule has 0 aliphatic carbocycles. The molecule has 0 saturated heterocycles. The molecular weight excluding hydrogens is 152 g/mol. The smallest absolute Gasteiger partial charge is 0.303 e. The molecular formula is C10H18O2. The number of carbonyl (C=O) groups is 1. The van der Waals surface area contributed by atoms with Gasteiger partial charge >= 0.3 is 5.97 Å². The maximum Gasteiger partial charge on any atom is 0.303 e. The van der Waals surface area contributed by atoms with Gasteiger partial charge in [-0.05, 0) is 19.3 Å². The minimum Gasteiger partial charge on any atom is -0.481 e. The molecule has 0 aromatic rings. The van der Waals surface area contributed by atoms with Crippen LogP contribution in [0.15, 0.2) is 11.6 Å². The third-order valence-corrected chi connectivity index (χ3v) is 2.01. The standard InChI is InChI=1S/C10H18O2/c1-4-5-6-8(2)9(3)7-10(11)12/h6,9H,4-5,7H2,1-3H3,(H,11,12). The second-order valence-corrected chi connectivity index (χ2v) is 3.24. The molecule has 1 N–H and O–H groups in total. The van der Waals surface area contributed by atoms with Gasteiger partial charge in [0, 0.05) is 0 Å². The molecule has 0 fully saturated rings. The van der Waals surface area contributed by atoms with E-state index >= 15 is 0 Å². The van der Waals surface area contributed by atoms with Crippen LogP contribution in [0.5, 0.6) is 0 Å². The average molecular weight is 170 g/mol. The zero-order valence-corrected chi connectivity index (χ0v) is 8.13. The van der Waals surface area contributed by atoms with Gasteiger partial charge in [-0.25, -0.2) is 0 Å². The monoisotopic (exact) mass is 170 g/mol. The number of allylic oxidation sites excluding steroid dienone is 2. The second kappa shape index (κ2) is 5.81. The largest absolute Gasteiger partial charge is 0.481 e. The summed E-state index contributed by atoms with van der Waals surface area (Å²) >= 11 is 0. The summed E-state index contributed by atoms with van der Waals surface area (Å²) < 4.78 is 0. The molecule has 0 rings (SSSR count). The van der Waals surface area contributed by atoms with E-state index in [9.17, 15) is 4.79 Å². The highest BCUT2D eigenvalue weighted by atomic mass is 16.4. The zero-order valence-electron chi connectivity index (χ0n) is 8.13. The quantitative estimate of drug-likeness (QED) is 0.644. The Morgan fingerprint density at radius 1 is 1.58 bits per heavy atom. The molecule has 70 valence electrons. The van der Waals surface area contributed by atoms with Crippen LogP contribution < -0.4 is 0 Å². The van der Waals surface area contributed by atoms with Gasteiger partial charge in [0.1, 0.15) is 0 Å². The first-order chi connectivity index (χ1) is 5.57. The Morgan fingerprint density at radius 2 is 2.17 bits per heavy atom. The third-order valence-electron chi connectivity index (χ3n) is 2.01. The van der Waals surface area contributed by atoms with Gasteiger partial charge in [0.05, 0.1) is 6.42 Å². The van der Waals surface area contributed by atoms with Gasteiger partial charge in [-0.2, -0.15) is 0 Å². The zero-order chi connectivity index (χ0) is 9.56. The predicted octanol–water partition coefficient (Wildman–Crippen LogP) is 2.84. The van der Waals surface area contributed by atoms with Crippen LogP contribution in [0.2, 0.25) is 0 Å². The maximum atomic E-state index is 10.4. The molecule has 0 radical (unpaired) electrons. The third kappa shape index (κ3) is 4.94. The Balaban J connectivity index is 3.90. The lowest BCUT2D eigenvalue weighted by molar-refractivity contribution is -0.137. The first-order valence-electron chi connectivity index (χ1n) is 4.46. The summed E-state index contributed by atoms with van der Waals surface area (Å²) in [6.45, 7) is 6.07. The summed E-state index contributed by atoms with van der Waals surface area (Å²) in [6, 6.07) is 0. The van der Waals surface area contributed by atoms with Crippen LogP contribution in [-0.4, -0.2) is 11.1 Å². The molecule has 2 nitrogen and oxygen atoms in total. The van der Waals surface area contributed by atoms with Gasteiger partial charge in [-0.1, -0.05) is 31.9 Å². The van der Waals surface area contributed by atoms with Crippen molar-refractivity contribution in [2.45, 2.75) is 40.0 Å². The highest BCUT2D eigenvalue weighted by Crippen LogP contribution is 2.14. The van der Waals surface area contributed by atoms with E-state index in [1.807, 2.05) is 13.8 Å². The van der Waals surface area contributed by atoms with Crippen molar-refractivity contribution < 1.29 is 9.90 Å². The molecule has 0 bridgehead atoms. The van der Waals surface area contributed by atoms with Crippen molar-refractivity contribution >= 4 is 5.97 Å². The maximum absolute atomic E-state index is 10.4. The van der Waals surface area contributed by atoms with Crippen molar-refractivity contribution in [1.29, 1.82) is 0 Å². The fraction of sp³-hybridized carbons (Fsp3) is 0.700. The Bertz CT molecular complexity index is 171. The van der Waals surface area contributed by atoms with Crippen molar-refractivity contribution in [3.63, 3.8) is 0 Å². The lowest BCUT2D eigenvalue weighted by atomic mass is 9.98. The summed E-state index contributed by atoms with van der Waals surface area (Å²) in [5, 5.41) is 8.53. The summed E-state index contributed by atoms with van der Waals surface area (Å²) in [6.07, 6.45) is 4.55. The molecule has 0 saturated carbocycles. The SMILES string of the molecule is CCCC=C(C)C(C)CC(=O)O. The molecule has 0 aromatic heterocycles.